The number of amides is 2. The molecule has 1 heterocycles. The van der Waals surface area contributed by atoms with Gasteiger partial charge in [-0.2, -0.15) is 0 Å². The number of rotatable bonds is 13. The van der Waals surface area contributed by atoms with E-state index in [0.717, 1.165) is 64.9 Å². The van der Waals surface area contributed by atoms with E-state index in [4.69, 9.17) is 4.74 Å². The summed E-state index contributed by atoms with van der Waals surface area (Å²) in [7, 11) is 1.64. The highest BCUT2D eigenvalue weighted by Gasteiger charge is 2.44. The second kappa shape index (κ2) is 14.6. The Bertz CT molecular complexity index is 1260. The molecule has 2 unspecified atom stereocenters. The van der Waals surface area contributed by atoms with Crippen molar-refractivity contribution < 1.29 is 14.3 Å². The van der Waals surface area contributed by atoms with Crippen LogP contribution >= 0.6 is 22.6 Å². The highest BCUT2D eigenvalue weighted by atomic mass is 127. The van der Waals surface area contributed by atoms with Crippen LogP contribution in [0.3, 0.4) is 0 Å². The number of ether oxygens (including phenoxy) is 1. The molecule has 3 aromatic carbocycles. The van der Waals surface area contributed by atoms with Crippen LogP contribution in [-0.2, 0) is 11.3 Å². The predicted molar refractivity (Wildman–Crippen MR) is 169 cm³/mol. The van der Waals surface area contributed by atoms with Crippen LogP contribution in [0.2, 0.25) is 0 Å². The van der Waals surface area contributed by atoms with Gasteiger partial charge in [0.1, 0.15) is 5.75 Å². The lowest BCUT2D eigenvalue weighted by molar-refractivity contribution is -0.124. The number of nitrogens with one attached hydrogen (secondary N) is 1. The summed E-state index contributed by atoms with van der Waals surface area (Å²) in [5, 5.41) is 3.23. The molecule has 40 heavy (non-hydrogen) atoms. The number of methoxy groups -OCH3 is 1. The summed E-state index contributed by atoms with van der Waals surface area (Å²) in [5.74, 6) is 0.0911. The second-order valence-electron chi connectivity index (χ2n) is 10.3. The zero-order chi connectivity index (χ0) is 28.5. The quantitative estimate of drug-likeness (QED) is 0.171. The van der Waals surface area contributed by atoms with Crippen molar-refractivity contribution in [2.75, 3.05) is 33.3 Å². The Hall–Kier alpha value is -2.91. The molecule has 0 aromatic heterocycles. The van der Waals surface area contributed by atoms with Crippen LogP contribution in [-0.4, -0.2) is 54.9 Å². The van der Waals surface area contributed by atoms with Gasteiger partial charge in [0.25, 0.3) is 5.91 Å². The fraction of sp³-hybridized carbons (Fsp3) is 0.394. The van der Waals surface area contributed by atoms with Gasteiger partial charge in [0.05, 0.1) is 19.1 Å². The van der Waals surface area contributed by atoms with E-state index in [9.17, 15) is 9.59 Å². The van der Waals surface area contributed by atoms with Crippen LogP contribution < -0.4 is 10.1 Å². The van der Waals surface area contributed by atoms with Crippen LogP contribution in [0.25, 0.3) is 0 Å². The van der Waals surface area contributed by atoms with Crippen molar-refractivity contribution >= 4 is 34.4 Å². The lowest BCUT2D eigenvalue weighted by Crippen LogP contribution is -2.47. The average molecular weight is 654 g/mol. The highest BCUT2D eigenvalue weighted by molar-refractivity contribution is 14.1. The van der Waals surface area contributed by atoms with E-state index in [1.54, 1.807) is 7.11 Å². The molecule has 4 rings (SSSR count). The number of benzene rings is 3. The highest BCUT2D eigenvalue weighted by Crippen LogP contribution is 2.44. The van der Waals surface area contributed by atoms with Gasteiger partial charge < -0.3 is 19.9 Å². The molecule has 1 aliphatic rings. The zero-order valence-corrected chi connectivity index (χ0v) is 25.9. The first kappa shape index (κ1) is 30.1. The molecular formula is C33H40IN3O3. The van der Waals surface area contributed by atoms with E-state index >= 15 is 0 Å². The molecule has 0 fully saturated rings. The molecule has 0 bridgehead atoms. The number of hydrogen-bond donors (Lipinski definition) is 1. The minimum absolute atomic E-state index is 0.0501. The summed E-state index contributed by atoms with van der Waals surface area (Å²) >= 11 is 2.28. The summed E-state index contributed by atoms with van der Waals surface area (Å²) in [6, 6.07) is 23.0. The molecule has 0 saturated heterocycles. The number of nitrogens with zero attached hydrogens (tertiary/aromatic N) is 2. The maximum Gasteiger partial charge on any atom is 0.255 e. The number of hydrogen-bond acceptors (Lipinski definition) is 4. The zero-order valence-electron chi connectivity index (χ0n) is 23.7. The topological polar surface area (TPSA) is 61.9 Å². The Balaban J connectivity index is 1.66. The van der Waals surface area contributed by atoms with Crippen LogP contribution in [0, 0.1) is 3.57 Å². The number of fused-ring (bicyclic) bond motifs is 1. The van der Waals surface area contributed by atoms with Crippen LogP contribution in [0.15, 0.2) is 72.8 Å². The fourth-order valence-corrected chi connectivity index (χ4v) is 5.96. The Kier molecular flexibility index (Phi) is 11.0. The van der Waals surface area contributed by atoms with Crippen molar-refractivity contribution in [2.45, 2.75) is 51.6 Å². The molecule has 212 valence electrons. The summed E-state index contributed by atoms with van der Waals surface area (Å²) < 4.78 is 6.53. The Morgan fingerprint density at radius 1 is 0.950 bits per heavy atom. The van der Waals surface area contributed by atoms with Crippen molar-refractivity contribution in [1.29, 1.82) is 0 Å². The van der Waals surface area contributed by atoms with Gasteiger partial charge in [0.2, 0.25) is 5.91 Å². The van der Waals surface area contributed by atoms with Gasteiger partial charge in [0.15, 0.2) is 0 Å². The lowest BCUT2D eigenvalue weighted by atomic mass is 9.79. The van der Waals surface area contributed by atoms with Gasteiger partial charge in [0, 0.05) is 22.2 Å². The monoisotopic (exact) mass is 653 g/mol. The predicted octanol–water partition coefficient (Wildman–Crippen LogP) is 6.41. The van der Waals surface area contributed by atoms with E-state index in [-0.39, 0.29) is 11.8 Å². The van der Waals surface area contributed by atoms with E-state index in [2.05, 4.69) is 46.7 Å². The van der Waals surface area contributed by atoms with Crippen molar-refractivity contribution in [2.24, 2.45) is 0 Å². The molecule has 3 aromatic rings. The summed E-state index contributed by atoms with van der Waals surface area (Å²) in [6.07, 6.45) is 3.14. The standard InChI is InChI=1S/C33H40IN3O3/c1-4-20-36(21-5-2)22-8-19-35-32(38)30-28-9-6-7-10-29(28)33(39)37(23-24-11-15-26(34)16-12-24)31(30)25-13-17-27(40-3)18-14-25/h6-7,9-18,30-31H,4-5,8,19-23H2,1-3H3,(H,35,38). The maximum atomic E-state index is 14.0. The first-order valence-corrected chi connectivity index (χ1v) is 15.3. The third-order valence-corrected chi connectivity index (χ3v) is 8.19. The van der Waals surface area contributed by atoms with Crippen molar-refractivity contribution in [3.8, 4) is 5.75 Å². The van der Waals surface area contributed by atoms with Crippen molar-refractivity contribution in [3.05, 3.63) is 98.6 Å². The SMILES string of the molecule is CCCN(CCC)CCCNC(=O)C1c2ccccc2C(=O)N(Cc2ccc(I)cc2)C1c1ccc(OC)cc1. The van der Waals surface area contributed by atoms with E-state index in [1.807, 2.05) is 77.7 Å². The molecule has 7 heteroatoms. The fourth-order valence-electron chi connectivity index (χ4n) is 5.60. The molecular weight excluding hydrogens is 613 g/mol. The number of carbonyl (C=O) groups excluding carboxylic acids is 2. The average Bonchev–Trinajstić information content (AvgIpc) is 2.97. The van der Waals surface area contributed by atoms with Crippen molar-refractivity contribution in [3.63, 3.8) is 0 Å². The Morgan fingerprint density at radius 2 is 1.62 bits per heavy atom. The molecule has 0 spiro atoms. The van der Waals surface area contributed by atoms with Gasteiger partial charge in [-0.3, -0.25) is 9.59 Å². The van der Waals surface area contributed by atoms with Gasteiger partial charge >= 0.3 is 0 Å². The Labute approximate surface area is 252 Å². The Morgan fingerprint density at radius 3 is 2.27 bits per heavy atom. The summed E-state index contributed by atoms with van der Waals surface area (Å²) in [4.78, 5) is 32.3. The second-order valence-corrected chi connectivity index (χ2v) is 11.6. The smallest absolute Gasteiger partial charge is 0.255 e. The third kappa shape index (κ3) is 7.23. The maximum absolute atomic E-state index is 14.0. The molecule has 1 aliphatic heterocycles. The summed E-state index contributed by atoms with van der Waals surface area (Å²) in [5.41, 5.74) is 3.31. The minimum Gasteiger partial charge on any atom is -0.497 e. The molecule has 0 saturated carbocycles. The minimum atomic E-state index is -0.534. The molecule has 1 N–H and O–H groups in total. The first-order valence-electron chi connectivity index (χ1n) is 14.2. The number of halogens is 1. The van der Waals surface area contributed by atoms with E-state index < -0.39 is 12.0 Å². The van der Waals surface area contributed by atoms with Gasteiger partial charge in [-0.25, -0.2) is 0 Å². The van der Waals surface area contributed by atoms with Crippen LogP contribution in [0.5, 0.6) is 5.75 Å². The van der Waals surface area contributed by atoms with Crippen molar-refractivity contribution in [1.82, 2.24) is 15.1 Å². The van der Waals surface area contributed by atoms with Gasteiger partial charge in [-0.05, 0) is 109 Å². The number of carbonyl (C=O) groups is 2. The lowest BCUT2D eigenvalue weighted by Gasteiger charge is -2.42. The molecule has 2 amide bonds. The van der Waals surface area contributed by atoms with Crippen LogP contribution in [0.4, 0.5) is 0 Å². The first-order chi connectivity index (χ1) is 19.5. The molecule has 0 radical (unpaired) electrons. The third-order valence-electron chi connectivity index (χ3n) is 7.47. The van der Waals surface area contributed by atoms with Gasteiger partial charge in [-0.15, -0.1) is 0 Å². The normalized spacial score (nSPS) is 16.6. The van der Waals surface area contributed by atoms with Gasteiger partial charge in [-0.1, -0.05) is 56.3 Å². The van der Waals surface area contributed by atoms with Crippen LogP contribution in [0.1, 0.15) is 72.1 Å². The molecule has 2 atom stereocenters. The van der Waals surface area contributed by atoms with E-state index in [0.29, 0.717) is 18.7 Å². The molecule has 6 nitrogen and oxygen atoms in total. The van der Waals surface area contributed by atoms with E-state index in [1.165, 1.54) is 0 Å². The molecule has 0 aliphatic carbocycles. The largest absolute Gasteiger partial charge is 0.497 e. The summed E-state index contributed by atoms with van der Waals surface area (Å²) in [6.45, 7) is 8.53.